The largest absolute Gasteiger partial charge is 0.411 e. The van der Waals surface area contributed by atoms with E-state index in [0.717, 1.165) is 30.4 Å². The van der Waals surface area contributed by atoms with E-state index in [2.05, 4.69) is 51.9 Å². The van der Waals surface area contributed by atoms with Crippen molar-refractivity contribution in [3.63, 3.8) is 0 Å². The van der Waals surface area contributed by atoms with Crippen LogP contribution in [0.2, 0.25) is 0 Å². The van der Waals surface area contributed by atoms with Crippen molar-refractivity contribution in [3.8, 4) is 0 Å². The lowest BCUT2D eigenvalue weighted by atomic mass is 9.48. The second kappa shape index (κ2) is 8.10. The molecule has 1 fully saturated rings. The molecule has 0 aliphatic heterocycles. The molecule has 1 N–H and O–H groups in total. The highest BCUT2D eigenvalue weighted by molar-refractivity contribution is 5.81. The van der Waals surface area contributed by atoms with Gasteiger partial charge < -0.3 is 5.21 Å². The van der Waals surface area contributed by atoms with Gasteiger partial charge in [-0.25, -0.2) is 0 Å². The fraction of sp³-hybridized carbons (Fsp3) is 0.783. The summed E-state index contributed by atoms with van der Waals surface area (Å²) in [5.74, 6) is 1.56. The number of rotatable bonds is 6. The Morgan fingerprint density at radius 1 is 1.24 bits per heavy atom. The van der Waals surface area contributed by atoms with Crippen molar-refractivity contribution in [2.24, 2.45) is 27.8 Å². The van der Waals surface area contributed by atoms with E-state index in [9.17, 15) is 0 Å². The third-order valence-electron chi connectivity index (χ3n) is 7.29. The Morgan fingerprint density at radius 3 is 2.64 bits per heavy atom. The summed E-state index contributed by atoms with van der Waals surface area (Å²) in [6.45, 7) is 14.1. The molecule has 0 aromatic carbocycles. The molecule has 25 heavy (non-hydrogen) atoms. The minimum atomic E-state index is 0.473. The Hall–Kier alpha value is -1.05. The van der Waals surface area contributed by atoms with Crippen LogP contribution in [0.4, 0.5) is 0 Å². The van der Waals surface area contributed by atoms with Crippen LogP contribution in [0.25, 0.3) is 0 Å². The number of allylic oxidation sites excluding steroid dienone is 4. The molecule has 0 amide bonds. The summed E-state index contributed by atoms with van der Waals surface area (Å²) in [5.41, 5.74) is 4.89. The van der Waals surface area contributed by atoms with E-state index in [-0.39, 0.29) is 0 Å². The third-order valence-corrected chi connectivity index (χ3v) is 7.29. The first-order valence-corrected chi connectivity index (χ1v) is 10.2. The average molecular weight is 346 g/mol. The highest BCUT2D eigenvalue weighted by Crippen LogP contribution is 2.60. The topological polar surface area (TPSA) is 32.6 Å². The van der Waals surface area contributed by atoms with Crippen molar-refractivity contribution in [3.05, 3.63) is 23.3 Å². The number of nitrogens with zero attached hydrogens (tertiary/aromatic N) is 1. The minimum Gasteiger partial charge on any atom is -0.411 e. The van der Waals surface area contributed by atoms with Crippen LogP contribution in [0.5, 0.6) is 0 Å². The summed E-state index contributed by atoms with van der Waals surface area (Å²) in [6, 6.07) is 0. The van der Waals surface area contributed by atoms with Gasteiger partial charge in [-0.3, -0.25) is 0 Å². The fourth-order valence-electron chi connectivity index (χ4n) is 5.75. The monoisotopic (exact) mass is 345 g/mol. The van der Waals surface area contributed by atoms with Gasteiger partial charge in [0.2, 0.25) is 0 Å². The quantitative estimate of drug-likeness (QED) is 0.236. The highest BCUT2D eigenvalue weighted by atomic mass is 16.4. The van der Waals surface area contributed by atoms with Gasteiger partial charge in [0.1, 0.15) is 0 Å². The molecule has 2 aliphatic carbocycles. The van der Waals surface area contributed by atoms with Crippen molar-refractivity contribution in [2.75, 3.05) is 0 Å². The van der Waals surface area contributed by atoms with Crippen LogP contribution < -0.4 is 0 Å². The predicted molar refractivity (Wildman–Crippen MR) is 108 cm³/mol. The van der Waals surface area contributed by atoms with Gasteiger partial charge in [-0.05, 0) is 88.4 Å². The van der Waals surface area contributed by atoms with Crippen LogP contribution in [0.3, 0.4) is 0 Å². The first-order chi connectivity index (χ1) is 11.7. The molecule has 3 atom stereocenters. The minimum absolute atomic E-state index is 0.473. The van der Waals surface area contributed by atoms with Crippen molar-refractivity contribution >= 4 is 5.71 Å². The number of oxime groups is 1. The van der Waals surface area contributed by atoms with Gasteiger partial charge in [0, 0.05) is 0 Å². The second-order valence-electron chi connectivity index (χ2n) is 9.60. The molecule has 0 spiro atoms. The van der Waals surface area contributed by atoms with Crippen molar-refractivity contribution in [1.82, 2.24) is 0 Å². The lowest BCUT2D eigenvalue weighted by Crippen LogP contribution is -2.48. The lowest BCUT2D eigenvalue weighted by Gasteiger charge is -2.57. The van der Waals surface area contributed by atoms with Crippen LogP contribution in [-0.4, -0.2) is 10.9 Å². The van der Waals surface area contributed by atoms with Crippen molar-refractivity contribution < 1.29 is 5.21 Å². The number of hydrogen-bond donors (Lipinski definition) is 1. The summed E-state index contributed by atoms with van der Waals surface area (Å²) in [4.78, 5) is 0. The Morgan fingerprint density at radius 2 is 1.96 bits per heavy atom. The van der Waals surface area contributed by atoms with E-state index in [1.165, 1.54) is 44.1 Å². The third kappa shape index (κ3) is 4.57. The normalized spacial score (nSPS) is 33.0. The Labute approximate surface area is 155 Å². The summed E-state index contributed by atoms with van der Waals surface area (Å²) in [5, 5.41) is 12.0. The summed E-state index contributed by atoms with van der Waals surface area (Å²) in [7, 11) is 0. The molecule has 0 saturated heterocycles. The molecule has 0 unspecified atom stereocenters. The zero-order valence-corrected chi connectivity index (χ0v) is 17.4. The molecule has 0 bridgehead atoms. The van der Waals surface area contributed by atoms with Crippen LogP contribution in [0.15, 0.2) is 28.5 Å². The van der Waals surface area contributed by atoms with Gasteiger partial charge >= 0.3 is 0 Å². The fourth-order valence-corrected chi connectivity index (χ4v) is 5.75. The zero-order chi connectivity index (χ0) is 18.7. The molecule has 2 rings (SSSR count). The first kappa shape index (κ1) is 20.3. The summed E-state index contributed by atoms with van der Waals surface area (Å²) >= 11 is 0. The number of hydrogen-bond acceptors (Lipinski definition) is 2. The van der Waals surface area contributed by atoms with Crippen LogP contribution in [-0.2, 0) is 0 Å². The first-order valence-electron chi connectivity index (χ1n) is 10.2. The van der Waals surface area contributed by atoms with E-state index >= 15 is 0 Å². The van der Waals surface area contributed by atoms with E-state index < -0.39 is 0 Å². The summed E-state index contributed by atoms with van der Waals surface area (Å²) in [6.07, 6.45) is 14.6. The standard InChI is InChI=1S/C23H39NO/c1-17(9-7-10-19(3)24-25)11-13-20-18(2)12-14-21-22(4,5)15-8-16-23(20,21)6/h9,12,20-21,25H,7-8,10-11,13-16H2,1-6H3/b17-9+,24-19-/t20-,21+,23-/m1/s1. The van der Waals surface area contributed by atoms with Crippen LogP contribution in [0.1, 0.15) is 92.9 Å². The predicted octanol–water partition coefficient (Wildman–Crippen LogP) is 7.14. The Bertz CT molecular complexity index is 554. The molecular formula is C23H39NO. The molecule has 0 heterocycles. The Balaban J connectivity index is 2.03. The molecule has 1 saturated carbocycles. The lowest BCUT2D eigenvalue weighted by molar-refractivity contribution is -0.0390. The molecule has 0 aromatic rings. The molecule has 0 radical (unpaired) electrons. The SMILES string of the molecule is CC1=CC[C@H]2C(C)(C)CCC[C@]2(C)[C@@H]1CC/C(C)=C/CC/C(C)=N\O. The van der Waals surface area contributed by atoms with E-state index in [4.69, 9.17) is 5.21 Å². The van der Waals surface area contributed by atoms with Gasteiger partial charge in [0.25, 0.3) is 0 Å². The van der Waals surface area contributed by atoms with Gasteiger partial charge in [-0.15, -0.1) is 0 Å². The van der Waals surface area contributed by atoms with E-state index in [0.29, 0.717) is 10.8 Å². The van der Waals surface area contributed by atoms with E-state index in [1.807, 2.05) is 6.92 Å². The highest BCUT2D eigenvalue weighted by Gasteiger charge is 2.51. The van der Waals surface area contributed by atoms with Gasteiger partial charge in [0.05, 0.1) is 5.71 Å². The molecule has 142 valence electrons. The molecule has 2 heteroatoms. The van der Waals surface area contributed by atoms with Gasteiger partial charge in [-0.1, -0.05) is 55.6 Å². The number of fused-ring (bicyclic) bond motifs is 1. The molecule has 0 aromatic heterocycles. The zero-order valence-electron chi connectivity index (χ0n) is 17.4. The van der Waals surface area contributed by atoms with Crippen molar-refractivity contribution in [2.45, 2.75) is 92.9 Å². The molecule has 2 nitrogen and oxygen atoms in total. The smallest absolute Gasteiger partial charge is 0.0543 e. The maximum Gasteiger partial charge on any atom is 0.0543 e. The maximum absolute atomic E-state index is 8.74. The van der Waals surface area contributed by atoms with Crippen LogP contribution in [0, 0.1) is 22.7 Å². The van der Waals surface area contributed by atoms with Crippen molar-refractivity contribution in [1.29, 1.82) is 0 Å². The molecular weight excluding hydrogens is 306 g/mol. The van der Waals surface area contributed by atoms with Crippen LogP contribution >= 0.6 is 0 Å². The summed E-state index contributed by atoms with van der Waals surface area (Å²) < 4.78 is 0. The Kier molecular flexibility index (Phi) is 6.56. The maximum atomic E-state index is 8.74. The van der Waals surface area contributed by atoms with Gasteiger partial charge in [0.15, 0.2) is 0 Å². The molecule has 2 aliphatic rings. The van der Waals surface area contributed by atoms with E-state index in [1.54, 1.807) is 5.57 Å². The average Bonchev–Trinajstić information content (AvgIpc) is 2.53. The second-order valence-corrected chi connectivity index (χ2v) is 9.60. The van der Waals surface area contributed by atoms with Gasteiger partial charge in [-0.2, -0.15) is 0 Å².